The van der Waals surface area contributed by atoms with E-state index in [0.717, 1.165) is 31.7 Å². The second-order valence-corrected chi connectivity index (χ2v) is 8.16. The topological polar surface area (TPSA) is 24.8 Å². The molecule has 0 saturated heterocycles. The molecule has 0 saturated carbocycles. The fourth-order valence-corrected chi connectivity index (χ4v) is 4.70. The number of fused-ring (bicyclic) bond motifs is 1. The van der Waals surface area contributed by atoms with Crippen molar-refractivity contribution in [2.45, 2.75) is 13.0 Å². The minimum Gasteiger partial charge on any atom is -0.497 e. The quantitative estimate of drug-likeness (QED) is 0.539. The van der Waals surface area contributed by atoms with Gasteiger partial charge in [0.05, 0.1) is 18.8 Å². The lowest BCUT2D eigenvalue weighted by Crippen LogP contribution is -2.30. The third-order valence-electron chi connectivity index (χ3n) is 4.40. The van der Waals surface area contributed by atoms with Gasteiger partial charge in [0.1, 0.15) is 5.75 Å². The summed E-state index contributed by atoms with van der Waals surface area (Å²) in [5.74, 6) is 0.829. The lowest BCUT2D eigenvalue weighted by Gasteiger charge is -2.33. The molecule has 0 aromatic heterocycles. The van der Waals surface area contributed by atoms with Crippen LogP contribution in [0, 0.1) is 0 Å². The van der Waals surface area contributed by atoms with Gasteiger partial charge in [-0.2, -0.15) is 0 Å². The SMILES string of the molecule is COc1ccc(C2C=C(c3ccc(Cl)cc3)N=C3SC=C(C)N32)c(Br)c1. The first kappa shape index (κ1) is 17.7. The molecule has 0 amide bonds. The Labute approximate surface area is 170 Å². The third kappa shape index (κ3) is 3.20. The van der Waals surface area contributed by atoms with E-state index in [0.29, 0.717) is 0 Å². The van der Waals surface area contributed by atoms with Gasteiger partial charge in [-0.1, -0.05) is 57.5 Å². The lowest BCUT2D eigenvalue weighted by molar-refractivity contribution is 0.413. The highest BCUT2D eigenvalue weighted by atomic mass is 79.9. The molecule has 0 bridgehead atoms. The number of rotatable bonds is 3. The molecule has 3 nitrogen and oxygen atoms in total. The van der Waals surface area contributed by atoms with Crippen LogP contribution < -0.4 is 4.74 Å². The van der Waals surface area contributed by atoms with Crippen LogP contribution in [-0.2, 0) is 0 Å². The highest BCUT2D eigenvalue weighted by Crippen LogP contribution is 2.43. The number of nitrogens with zero attached hydrogens (tertiary/aromatic N) is 2. The molecule has 0 aliphatic carbocycles. The zero-order valence-electron chi connectivity index (χ0n) is 14.2. The molecule has 0 radical (unpaired) electrons. The molecule has 2 heterocycles. The standard InChI is InChI=1S/C20H16BrClN2OS/c1-12-11-26-20-23-18(13-3-5-14(22)6-4-13)10-19(24(12)20)16-8-7-15(25-2)9-17(16)21/h3-11,19H,1-2H3. The van der Waals surface area contributed by atoms with E-state index in [1.54, 1.807) is 18.9 Å². The van der Waals surface area contributed by atoms with Crippen LogP contribution in [0.1, 0.15) is 24.1 Å². The van der Waals surface area contributed by atoms with Gasteiger partial charge >= 0.3 is 0 Å². The van der Waals surface area contributed by atoms with Gasteiger partial charge in [-0.15, -0.1) is 0 Å². The molecule has 0 spiro atoms. The summed E-state index contributed by atoms with van der Waals surface area (Å²) in [7, 11) is 1.68. The Morgan fingerprint density at radius 3 is 2.65 bits per heavy atom. The zero-order valence-corrected chi connectivity index (χ0v) is 17.4. The summed E-state index contributed by atoms with van der Waals surface area (Å²) in [5, 5.41) is 3.85. The van der Waals surface area contributed by atoms with E-state index in [2.05, 4.69) is 45.3 Å². The van der Waals surface area contributed by atoms with Gasteiger partial charge < -0.3 is 9.64 Å². The number of halogens is 2. The van der Waals surface area contributed by atoms with Crippen molar-refractivity contribution in [3.05, 3.63) is 80.3 Å². The van der Waals surface area contributed by atoms with Crippen molar-refractivity contribution in [2.75, 3.05) is 7.11 Å². The van der Waals surface area contributed by atoms with Gasteiger partial charge in [0, 0.05) is 20.8 Å². The predicted molar refractivity (Wildman–Crippen MR) is 113 cm³/mol. The molecule has 26 heavy (non-hydrogen) atoms. The van der Waals surface area contributed by atoms with Crippen molar-refractivity contribution in [1.82, 2.24) is 4.90 Å². The number of methoxy groups -OCH3 is 1. The van der Waals surface area contributed by atoms with E-state index < -0.39 is 0 Å². The smallest absolute Gasteiger partial charge is 0.173 e. The van der Waals surface area contributed by atoms with Crippen LogP contribution in [-0.4, -0.2) is 17.2 Å². The summed E-state index contributed by atoms with van der Waals surface area (Å²) in [5.41, 5.74) is 4.37. The summed E-state index contributed by atoms with van der Waals surface area (Å²) in [6.45, 7) is 2.11. The molecule has 2 aliphatic rings. The molecule has 2 aromatic carbocycles. The molecule has 0 fully saturated rings. The molecular weight excluding hydrogens is 432 g/mol. The van der Waals surface area contributed by atoms with Crippen LogP contribution in [0.5, 0.6) is 5.75 Å². The van der Waals surface area contributed by atoms with Crippen LogP contribution in [0.3, 0.4) is 0 Å². The monoisotopic (exact) mass is 446 g/mol. The normalized spacial score (nSPS) is 18.8. The molecule has 1 unspecified atom stereocenters. The third-order valence-corrected chi connectivity index (χ3v) is 6.29. The summed E-state index contributed by atoms with van der Waals surface area (Å²) < 4.78 is 6.35. The van der Waals surface area contributed by atoms with E-state index in [9.17, 15) is 0 Å². The van der Waals surface area contributed by atoms with E-state index >= 15 is 0 Å². The maximum atomic E-state index is 6.04. The second kappa shape index (κ2) is 7.14. The fraction of sp³-hybridized carbons (Fsp3) is 0.150. The molecule has 1 atom stereocenters. The average molecular weight is 448 g/mol. The molecule has 2 aliphatic heterocycles. The van der Waals surface area contributed by atoms with Crippen LogP contribution in [0.4, 0.5) is 0 Å². The Hall–Kier alpha value is -1.69. The van der Waals surface area contributed by atoms with Gasteiger partial charge in [-0.25, -0.2) is 4.99 Å². The van der Waals surface area contributed by atoms with E-state index in [4.69, 9.17) is 21.3 Å². The average Bonchev–Trinajstić information content (AvgIpc) is 3.02. The number of aliphatic imine (C=N–C) groups is 1. The Kier molecular flexibility index (Phi) is 4.86. The Morgan fingerprint density at radius 1 is 1.19 bits per heavy atom. The van der Waals surface area contributed by atoms with E-state index in [-0.39, 0.29) is 6.04 Å². The van der Waals surface area contributed by atoms with Gasteiger partial charge in [-0.05, 0) is 48.2 Å². The number of benzene rings is 2. The van der Waals surface area contributed by atoms with Crippen molar-refractivity contribution >= 4 is 50.2 Å². The van der Waals surface area contributed by atoms with Crippen LogP contribution in [0.2, 0.25) is 5.02 Å². The van der Waals surface area contributed by atoms with Gasteiger partial charge in [0.2, 0.25) is 0 Å². The summed E-state index contributed by atoms with van der Waals surface area (Å²) in [4.78, 5) is 7.13. The number of ether oxygens (including phenoxy) is 1. The molecule has 6 heteroatoms. The van der Waals surface area contributed by atoms with Gasteiger partial charge in [0.25, 0.3) is 0 Å². The molecule has 4 rings (SSSR count). The van der Waals surface area contributed by atoms with Crippen molar-refractivity contribution in [2.24, 2.45) is 4.99 Å². The predicted octanol–water partition coefficient (Wildman–Crippen LogP) is 6.47. The molecule has 132 valence electrons. The number of amidine groups is 1. The van der Waals surface area contributed by atoms with Crippen LogP contribution in [0.15, 0.2) is 69.1 Å². The largest absolute Gasteiger partial charge is 0.497 e. The first-order valence-electron chi connectivity index (χ1n) is 8.09. The molecule has 2 aromatic rings. The minimum atomic E-state index is 0.0553. The van der Waals surface area contributed by atoms with Crippen molar-refractivity contribution < 1.29 is 4.74 Å². The Morgan fingerprint density at radius 2 is 1.96 bits per heavy atom. The first-order valence-corrected chi connectivity index (χ1v) is 10.1. The molecular formula is C20H16BrClN2OS. The lowest BCUT2D eigenvalue weighted by atomic mass is 10.0. The van der Waals surface area contributed by atoms with Crippen molar-refractivity contribution in [3.63, 3.8) is 0 Å². The number of hydrogen-bond donors (Lipinski definition) is 0. The second-order valence-electron chi connectivity index (χ2n) is 6.03. The van der Waals surface area contributed by atoms with Gasteiger partial charge in [0.15, 0.2) is 5.17 Å². The highest BCUT2D eigenvalue weighted by molar-refractivity contribution is 9.10. The summed E-state index contributed by atoms with van der Waals surface area (Å²) in [6, 6.07) is 14.0. The summed E-state index contributed by atoms with van der Waals surface area (Å²) in [6.07, 6.45) is 2.20. The Balaban J connectivity index is 1.81. The highest BCUT2D eigenvalue weighted by Gasteiger charge is 2.32. The number of hydrogen-bond acceptors (Lipinski definition) is 4. The maximum Gasteiger partial charge on any atom is 0.173 e. The maximum absolute atomic E-state index is 6.04. The number of thioether (sulfide) groups is 1. The zero-order chi connectivity index (χ0) is 18.3. The van der Waals surface area contributed by atoms with E-state index in [1.165, 1.54) is 11.3 Å². The van der Waals surface area contributed by atoms with Gasteiger partial charge in [-0.3, -0.25) is 0 Å². The Bertz CT molecular complexity index is 953. The minimum absolute atomic E-state index is 0.0553. The first-order chi connectivity index (χ1) is 12.6. The van der Waals surface area contributed by atoms with Crippen LogP contribution >= 0.6 is 39.3 Å². The van der Waals surface area contributed by atoms with Crippen LogP contribution in [0.25, 0.3) is 5.70 Å². The molecule has 0 N–H and O–H groups in total. The number of allylic oxidation sites excluding steroid dienone is 1. The van der Waals surface area contributed by atoms with Crippen molar-refractivity contribution in [1.29, 1.82) is 0 Å². The summed E-state index contributed by atoms with van der Waals surface area (Å²) >= 11 is 11.4. The van der Waals surface area contributed by atoms with E-state index in [1.807, 2.05) is 36.4 Å². The fourth-order valence-electron chi connectivity index (χ4n) is 3.07. The van der Waals surface area contributed by atoms with Crippen molar-refractivity contribution in [3.8, 4) is 5.75 Å².